The van der Waals surface area contributed by atoms with Crippen LogP contribution in [0.1, 0.15) is 34.1 Å². The first-order valence-corrected chi connectivity index (χ1v) is 5.36. The molecule has 0 heterocycles. The van der Waals surface area contributed by atoms with Gasteiger partial charge in [0.25, 0.3) is 11.8 Å². The number of nitrogens with zero attached hydrogens (tertiary/aromatic N) is 1. The molecule has 0 saturated carbocycles. The highest BCUT2D eigenvalue weighted by Crippen LogP contribution is 2.23. The van der Waals surface area contributed by atoms with Gasteiger partial charge in [-0.2, -0.15) is 0 Å². The summed E-state index contributed by atoms with van der Waals surface area (Å²) in [5, 5.41) is 9.80. The Hall–Kier alpha value is -2.04. The predicted octanol–water partition coefficient (Wildman–Crippen LogP) is 0.973. The summed E-state index contributed by atoms with van der Waals surface area (Å²) in [7, 11) is 1.64. The SMILES string of the molecule is CCCN(C)C(=O)c1cccc(C(N)=O)c1O. The summed E-state index contributed by atoms with van der Waals surface area (Å²) in [6.07, 6.45) is 0.818. The van der Waals surface area contributed by atoms with Crippen molar-refractivity contribution in [3.8, 4) is 5.75 Å². The zero-order valence-corrected chi connectivity index (χ0v) is 9.93. The second-order valence-electron chi connectivity index (χ2n) is 3.79. The van der Waals surface area contributed by atoms with Crippen molar-refractivity contribution < 1.29 is 14.7 Å². The van der Waals surface area contributed by atoms with E-state index >= 15 is 0 Å². The maximum atomic E-state index is 11.9. The van der Waals surface area contributed by atoms with Gasteiger partial charge in [0.15, 0.2) is 0 Å². The van der Waals surface area contributed by atoms with Crippen molar-refractivity contribution in [2.45, 2.75) is 13.3 Å². The van der Waals surface area contributed by atoms with Gasteiger partial charge in [-0.05, 0) is 18.6 Å². The molecule has 0 aliphatic rings. The fraction of sp³-hybridized carbons (Fsp3) is 0.333. The van der Waals surface area contributed by atoms with E-state index in [1.807, 2.05) is 6.92 Å². The number of primary amides is 1. The van der Waals surface area contributed by atoms with Crippen molar-refractivity contribution in [3.63, 3.8) is 0 Å². The molecule has 2 amide bonds. The summed E-state index contributed by atoms with van der Waals surface area (Å²) in [5.74, 6) is -1.43. The number of carbonyl (C=O) groups is 2. The van der Waals surface area contributed by atoms with Crippen LogP contribution in [0.2, 0.25) is 0 Å². The molecule has 5 heteroatoms. The molecule has 0 saturated heterocycles. The molecule has 0 aliphatic heterocycles. The van der Waals surface area contributed by atoms with Crippen molar-refractivity contribution in [2.75, 3.05) is 13.6 Å². The molecule has 5 nitrogen and oxygen atoms in total. The van der Waals surface area contributed by atoms with Gasteiger partial charge in [-0.25, -0.2) is 0 Å². The lowest BCUT2D eigenvalue weighted by molar-refractivity contribution is 0.0792. The minimum Gasteiger partial charge on any atom is -0.506 e. The van der Waals surface area contributed by atoms with Gasteiger partial charge in [-0.1, -0.05) is 13.0 Å². The lowest BCUT2D eigenvalue weighted by Gasteiger charge is -2.17. The molecule has 0 atom stereocenters. The average molecular weight is 236 g/mol. The number of hydrogen-bond acceptors (Lipinski definition) is 3. The fourth-order valence-electron chi connectivity index (χ4n) is 1.56. The van der Waals surface area contributed by atoms with E-state index in [9.17, 15) is 14.7 Å². The first kappa shape index (κ1) is 13.0. The third kappa shape index (κ3) is 2.75. The van der Waals surface area contributed by atoms with Gasteiger partial charge >= 0.3 is 0 Å². The lowest BCUT2D eigenvalue weighted by atomic mass is 10.1. The number of carbonyl (C=O) groups excluding carboxylic acids is 2. The zero-order chi connectivity index (χ0) is 13.0. The molecular weight excluding hydrogens is 220 g/mol. The van der Waals surface area contributed by atoms with Crippen LogP contribution in [0.25, 0.3) is 0 Å². The van der Waals surface area contributed by atoms with Gasteiger partial charge in [0, 0.05) is 13.6 Å². The third-order valence-corrected chi connectivity index (χ3v) is 2.44. The van der Waals surface area contributed by atoms with Crippen LogP contribution in [-0.2, 0) is 0 Å². The van der Waals surface area contributed by atoms with Gasteiger partial charge < -0.3 is 15.7 Å². The van der Waals surface area contributed by atoms with E-state index in [0.717, 1.165) is 6.42 Å². The van der Waals surface area contributed by atoms with Gasteiger partial charge in [0.2, 0.25) is 0 Å². The molecule has 92 valence electrons. The summed E-state index contributed by atoms with van der Waals surface area (Å²) in [5.41, 5.74) is 5.15. The topological polar surface area (TPSA) is 83.6 Å². The number of hydrogen-bond donors (Lipinski definition) is 2. The van der Waals surface area contributed by atoms with Crippen LogP contribution in [0.15, 0.2) is 18.2 Å². The Morgan fingerprint density at radius 1 is 1.35 bits per heavy atom. The number of para-hydroxylation sites is 1. The Kier molecular flexibility index (Phi) is 4.09. The first-order valence-electron chi connectivity index (χ1n) is 5.36. The zero-order valence-electron chi connectivity index (χ0n) is 9.93. The smallest absolute Gasteiger partial charge is 0.257 e. The van der Waals surface area contributed by atoms with Gasteiger partial charge in [0.05, 0.1) is 11.1 Å². The summed E-state index contributed by atoms with van der Waals surface area (Å²) in [6.45, 7) is 2.53. The average Bonchev–Trinajstić information content (AvgIpc) is 2.28. The monoisotopic (exact) mass is 236 g/mol. The molecule has 1 rings (SSSR count). The van der Waals surface area contributed by atoms with Crippen molar-refractivity contribution in [2.24, 2.45) is 5.73 Å². The van der Waals surface area contributed by atoms with Crippen LogP contribution in [0, 0.1) is 0 Å². The van der Waals surface area contributed by atoms with Gasteiger partial charge in [-0.3, -0.25) is 9.59 Å². The number of rotatable bonds is 4. The molecule has 0 spiro atoms. The fourth-order valence-corrected chi connectivity index (χ4v) is 1.56. The molecule has 0 radical (unpaired) electrons. The van der Waals surface area contributed by atoms with E-state index < -0.39 is 5.91 Å². The van der Waals surface area contributed by atoms with Gasteiger partial charge in [-0.15, -0.1) is 0 Å². The maximum absolute atomic E-state index is 11.9. The van der Waals surface area contributed by atoms with E-state index in [2.05, 4.69) is 0 Å². The second kappa shape index (κ2) is 5.34. The third-order valence-electron chi connectivity index (χ3n) is 2.44. The number of aromatic hydroxyl groups is 1. The number of benzene rings is 1. The molecular formula is C12H16N2O3. The molecule has 1 aromatic carbocycles. The largest absolute Gasteiger partial charge is 0.506 e. The van der Waals surface area contributed by atoms with Crippen molar-refractivity contribution >= 4 is 11.8 Å². The predicted molar refractivity (Wildman–Crippen MR) is 63.9 cm³/mol. The molecule has 0 unspecified atom stereocenters. The highest BCUT2D eigenvalue weighted by atomic mass is 16.3. The molecule has 0 aliphatic carbocycles. The van der Waals surface area contributed by atoms with E-state index in [0.29, 0.717) is 6.54 Å². The molecule has 0 fully saturated rings. The van der Waals surface area contributed by atoms with Crippen molar-refractivity contribution in [1.29, 1.82) is 0 Å². The summed E-state index contributed by atoms with van der Waals surface area (Å²) in [4.78, 5) is 24.5. The minimum absolute atomic E-state index is 0.0410. The summed E-state index contributed by atoms with van der Waals surface area (Å²) >= 11 is 0. The van der Waals surface area contributed by atoms with Crippen LogP contribution in [-0.4, -0.2) is 35.4 Å². The van der Waals surface area contributed by atoms with E-state index in [-0.39, 0.29) is 22.8 Å². The van der Waals surface area contributed by atoms with E-state index in [1.54, 1.807) is 7.05 Å². The van der Waals surface area contributed by atoms with Crippen molar-refractivity contribution in [3.05, 3.63) is 29.3 Å². The standard InChI is InChI=1S/C12H16N2O3/c1-3-7-14(2)12(17)9-6-4-5-8(10(9)15)11(13)16/h4-6,15H,3,7H2,1-2H3,(H2,13,16). The summed E-state index contributed by atoms with van der Waals surface area (Å²) in [6, 6.07) is 4.37. The highest BCUT2D eigenvalue weighted by Gasteiger charge is 2.19. The number of amides is 2. The lowest BCUT2D eigenvalue weighted by Crippen LogP contribution is -2.27. The Balaban J connectivity index is 3.10. The van der Waals surface area contributed by atoms with Crippen LogP contribution < -0.4 is 5.73 Å². The highest BCUT2D eigenvalue weighted by molar-refractivity contribution is 6.03. The Bertz CT molecular complexity index is 443. The number of nitrogens with two attached hydrogens (primary N) is 1. The molecule has 17 heavy (non-hydrogen) atoms. The Morgan fingerprint density at radius 3 is 2.47 bits per heavy atom. The van der Waals surface area contributed by atoms with E-state index in [4.69, 9.17) is 5.73 Å². The minimum atomic E-state index is -0.754. The van der Waals surface area contributed by atoms with Crippen LogP contribution in [0.5, 0.6) is 5.75 Å². The second-order valence-corrected chi connectivity index (χ2v) is 3.79. The molecule has 0 bridgehead atoms. The Morgan fingerprint density at radius 2 is 1.94 bits per heavy atom. The molecule has 3 N–H and O–H groups in total. The Labute approximate surface area is 99.8 Å². The maximum Gasteiger partial charge on any atom is 0.257 e. The van der Waals surface area contributed by atoms with Crippen LogP contribution >= 0.6 is 0 Å². The quantitative estimate of drug-likeness (QED) is 0.817. The van der Waals surface area contributed by atoms with E-state index in [1.165, 1.54) is 23.1 Å². The number of phenols is 1. The molecule has 1 aromatic rings. The molecule has 0 aromatic heterocycles. The summed E-state index contributed by atoms with van der Waals surface area (Å²) < 4.78 is 0. The van der Waals surface area contributed by atoms with Gasteiger partial charge in [0.1, 0.15) is 5.75 Å². The van der Waals surface area contributed by atoms with Crippen LogP contribution in [0.3, 0.4) is 0 Å². The first-order chi connectivity index (χ1) is 7.99. The van der Waals surface area contributed by atoms with Crippen LogP contribution in [0.4, 0.5) is 0 Å². The van der Waals surface area contributed by atoms with Crippen molar-refractivity contribution in [1.82, 2.24) is 4.90 Å². The normalized spacial score (nSPS) is 10.0.